The van der Waals surface area contributed by atoms with Gasteiger partial charge in [-0.3, -0.25) is 4.79 Å². The van der Waals surface area contributed by atoms with Gasteiger partial charge in [-0.1, -0.05) is 32.1 Å². The number of allylic oxidation sites excluding steroid dienone is 4. The molecule has 1 aliphatic rings. The lowest BCUT2D eigenvalue weighted by molar-refractivity contribution is -0.104. The maximum atomic E-state index is 10.5. The summed E-state index contributed by atoms with van der Waals surface area (Å²) in [5, 5.41) is 0. The lowest BCUT2D eigenvalue weighted by Crippen LogP contribution is -2.26. The monoisotopic (exact) mass is 184 g/mol. The highest BCUT2D eigenvalue weighted by Crippen LogP contribution is 2.35. The van der Waals surface area contributed by atoms with E-state index in [-0.39, 0.29) is 5.41 Å². The number of carbonyl (C=O) groups is 1. The second-order valence-corrected chi connectivity index (χ2v) is 3.81. The van der Waals surface area contributed by atoms with Crippen LogP contribution in [0.25, 0.3) is 0 Å². The van der Waals surface area contributed by atoms with Crippen LogP contribution in [0.3, 0.4) is 0 Å². The van der Waals surface area contributed by atoms with Gasteiger partial charge in [0.25, 0.3) is 0 Å². The van der Waals surface area contributed by atoms with Gasteiger partial charge in [0.15, 0.2) is 0 Å². The van der Waals surface area contributed by atoms with Crippen molar-refractivity contribution < 1.29 is 4.79 Å². The minimum absolute atomic E-state index is 0.00800. The molecule has 66 valence electrons. The fourth-order valence-corrected chi connectivity index (χ4v) is 1.55. The summed E-state index contributed by atoms with van der Waals surface area (Å²) >= 11 is 5.84. The van der Waals surface area contributed by atoms with E-state index in [9.17, 15) is 4.79 Å². The molecule has 2 atom stereocenters. The van der Waals surface area contributed by atoms with E-state index < -0.39 is 0 Å². The number of hydrogen-bond acceptors (Lipinski definition) is 1. The summed E-state index contributed by atoms with van der Waals surface area (Å²) in [6.45, 7) is 4.18. The molecule has 0 bridgehead atoms. The minimum atomic E-state index is 0.00800. The molecule has 0 spiro atoms. The Morgan fingerprint density at radius 3 is 2.83 bits per heavy atom. The molecule has 2 heteroatoms. The van der Waals surface area contributed by atoms with E-state index in [4.69, 9.17) is 11.6 Å². The predicted octanol–water partition coefficient (Wildman–Crippen LogP) is 2.56. The molecule has 0 aromatic carbocycles. The van der Waals surface area contributed by atoms with Gasteiger partial charge in [0.1, 0.15) is 6.29 Å². The van der Waals surface area contributed by atoms with Crippen LogP contribution in [0.5, 0.6) is 0 Å². The molecular formula is C10H13ClO. The van der Waals surface area contributed by atoms with E-state index in [1.807, 2.05) is 18.2 Å². The fourth-order valence-electron chi connectivity index (χ4n) is 1.22. The van der Waals surface area contributed by atoms with E-state index in [0.29, 0.717) is 11.8 Å². The van der Waals surface area contributed by atoms with Crippen molar-refractivity contribution in [1.29, 1.82) is 0 Å². The SMILES string of the molecule is CC1C=C(C=O)C=CC1(C)CCl. The van der Waals surface area contributed by atoms with Crippen LogP contribution >= 0.6 is 11.6 Å². The summed E-state index contributed by atoms with van der Waals surface area (Å²) in [5.74, 6) is 0.924. The van der Waals surface area contributed by atoms with Gasteiger partial charge in [-0.25, -0.2) is 0 Å². The molecule has 0 saturated carbocycles. The van der Waals surface area contributed by atoms with E-state index in [2.05, 4.69) is 13.8 Å². The maximum absolute atomic E-state index is 10.5. The van der Waals surface area contributed by atoms with Gasteiger partial charge >= 0.3 is 0 Å². The van der Waals surface area contributed by atoms with Gasteiger partial charge in [0.05, 0.1) is 0 Å². The number of carbonyl (C=O) groups excluding carboxylic acids is 1. The van der Waals surface area contributed by atoms with Crippen LogP contribution in [0.2, 0.25) is 0 Å². The molecule has 0 fully saturated rings. The third-order valence-corrected chi connectivity index (χ3v) is 3.14. The zero-order valence-electron chi connectivity index (χ0n) is 7.38. The van der Waals surface area contributed by atoms with Crippen molar-refractivity contribution in [3.63, 3.8) is 0 Å². The van der Waals surface area contributed by atoms with E-state index in [0.717, 1.165) is 11.9 Å². The van der Waals surface area contributed by atoms with Gasteiger partial charge in [-0.15, -0.1) is 11.6 Å². The topological polar surface area (TPSA) is 17.1 Å². The molecule has 0 radical (unpaired) electrons. The Hall–Kier alpha value is -0.560. The summed E-state index contributed by atoms with van der Waals surface area (Å²) < 4.78 is 0. The van der Waals surface area contributed by atoms with Crippen molar-refractivity contribution in [2.24, 2.45) is 11.3 Å². The number of halogens is 1. The average molecular weight is 185 g/mol. The summed E-state index contributed by atoms with van der Waals surface area (Å²) in [7, 11) is 0. The summed E-state index contributed by atoms with van der Waals surface area (Å²) in [6.07, 6.45) is 6.71. The van der Waals surface area contributed by atoms with Crippen molar-refractivity contribution in [1.82, 2.24) is 0 Å². The predicted molar refractivity (Wildman–Crippen MR) is 51.3 cm³/mol. The molecule has 1 rings (SSSR count). The highest BCUT2D eigenvalue weighted by molar-refractivity contribution is 6.18. The lowest BCUT2D eigenvalue weighted by Gasteiger charge is -2.31. The van der Waals surface area contributed by atoms with Crippen molar-refractivity contribution in [2.45, 2.75) is 13.8 Å². The van der Waals surface area contributed by atoms with Crippen LogP contribution in [-0.2, 0) is 4.79 Å². The van der Waals surface area contributed by atoms with Gasteiger partial charge in [0, 0.05) is 16.9 Å². The third-order valence-electron chi connectivity index (χ3n) is 2.56. The Bertz CT molecular complexity index is 242. The summed E-state index contributed by atoms with van der Waals surface area (Å²) in [4.78, 5) is 10.5. The Labute approximate surface area is 78.1 Å². The number of rotatable bonds is 2. The molecule has 1 aliphatic carbocycles. The summed E-state index contributed by atoms with van der Waals surface area (Å²) in [5.41, 5.74) is 0.763. The van der Waals surface area contributed by atoms with Crippen LogP contribution in [0.4, 0.5) is 0 Å². The molecule has 2 unspecified atom stereocenters. The Morgan fingerprint density at radius 2 is 2.42 bits per heavy atom. The second-order valence-electron chi connectivity index (χ2n) is 3.55. The normalized spacial score (nSPS) is 34.6. The number of aldehydes is 1. The van der Waals surface area contributed by atoms with Crippen molar-refractivity contribution in [3.8, 4) is 0 Å². The average Bonchev–Trinajstić information content (AvgIpc) is 2.10. The largest absolute Gasteiger partial charge is 0.298 e. The Morgan fingerprint density at radius 1 is 1.75 bits per heavy atom. The van der Waals surface area contributed by atoms with E-state index >= 15 is 0 Å². The molecule has 0 saturated heterocycles. The Balaban J connectivity index is 2.87. The van der Waals surface area contributed by atoms with Crippen LogP contribution < -0.4 is 0 Å². The van der Waals surface area contributed by atoms with Crippen LogP contribution in [-0.4, -0.2) is 12.2 Å². The molecule has 0 heterocycles. The van der Waals surface area contributed by atoms with Crippen molar-refractivity contribution >= 4 is 17.9 Å². The standard InChI is InChI=1S/C10H13ClO/c1-8-5-9(6-12)3-4-10(8,2)7-11/h3-6,8H,7H2,1-2H3. The van der Waals surface area contributed by atoms with Crippen LogP contribution in [0.15, 0.2) is 23.8 Å². The molecule has 0 aromatic rings. The number of alkyl halides is 1. The first-order chi connectivity index (χ1) is 5.62. The summed E-state index contributed by atoms with van der Waals surface area (Å²) in [6, 6.07) is 0. The van der Waals surface area contributed by atoms with E-state index in [1.165, 1.54) is 0 Å². The number of hydrogen-bond donors (Lipinski definition) is 0. The second kappa shape index (κ2) is 3.44. The van der Waals surface area contributed by atoms with Gasteiger partial charge < -0.3 is 0 Å². The van der Waals surface area contributed by atoms with Crippen molar-refractivity contribution in [3.05, 3.63) is 23.8 Å². The zero-order chi connectivity index (χ0) is 9.19. The van der Waals surface area contributed by atoms with Gasteiger partial charge in [0.2, 0.25) is 0 Å². The molecular weight excluding hydrogens is 172 g/mol. The Kier molecular flexibility index (Phi) is 2.73. The quantitative estimate of drug-likeness (QED) is 0.476. The molecule has 12 heavy (non-hydrogen) atoms. The molecule has 1 nitrogen and oxygen atoms in total. The van der Waals surface area contributed by atoms with Crippen LogP contribution in [0, 0.1) is 11.3 Å². The first kappa shape index (κ1) is 9.53. The fraction of sp³-hybridized carbons (Fsp3) is 0.500. The van der Waals surface area contributed by atoms with E-state index in [1.54, 1.807) is 0 Å². The highest BCUT2D eigenvalue weighted by atomic mass is 35.5. The van der Waals surface area contributed by atoms with Gasteiger partial charge in [-0.05, 0) is 5.92 Å². The smallest absolute Gasteiger partial charge is 0.149 e. The highest BCUT2D eigenvalue weighted by Gasteiger charge is 2.28. The van der Waals surface area contributed by atoms with Crippen LogP contribution in [0.1, 0.15) is 13.8 Å². The molecule has 0 aliphatic heterocycles. The minimum Gasteiger partial charge on any atom is -0.298 e. The zero-order valence-corrected chi connectivity index (χ0v) is 8.14. The maximum Gasteiger partial charge on any atom is 0.149 e. The molecule has 0 aromatic heterocycles. The lowest BCUT2D eigenvalue weighted by atomic mass is 9.75. The van der Waals surface area contributed by atoms with Gasteiger partial charge in [-0.2, -0.15) is 0 Å². The molecule has 0 amide bonds. The first-order valence-corrected chi connectivity index (χ1v) is 4.58. The van der Waals surface area contributed by atoms with Crippen molar-refractivity contribution in [2.75, 3.05) is 5.88 Å². The first-order valence-electron chi connectivity index (χ1n) is 4.04. The molecule has 0 N–H and O–H groups in total. The third kappa shape index (κ3) is 1.61.